The van der Waals surface area contributed by atoms with Crippen LogP contribution in [0.4, 0.5) is 5.69 Å². The van der Waals surface area contributed by atoms with Crippen molar-refractivity contribution < 1.29 is 23.9 Å². The van der Waals surface area contributed by atoms with Gasteiger partial charge in [0.15, 0.2) is 0 Å². The van der Waals surface area contributed by atoms with Crippen molar-refractivity contribution in [2.75, 3.05) is 24.7 Å². The lowest BCUT2D eigenvalue weighted by Gasteiger charge is -2.28. The summed E-state index contributed by atoms with van der Waals surface area (Å²) in [5.74, 6) is -0.494. The summed E-state index contributed by atoms with van der Waals surface area (Å²) >= 11 is 0. The van der Waals surface area contributed by atoms with Gasteiger partial charge in [0.05, 0.1) is 31.1 Å². The largest absolute Gasteiger partial charge is 0.379 e. The van der Waals surface area contributed by atoms with E-state index in [-0.39, 0.29) is 61.4 Å². The molecular weight excluding hydrogens is 548 g/mol. The van der Waals surface area contributed by atoms with E-state index in [9.17, 15) is 19.2 Å². The Kier molecular flexibility index (Phi) is 10.8. The molecule has 0 bridgehead atoms. The minimum Gasteiger partial charge on any atom is -0.379 e. The number of para-hydroxylation sites is 1. The molecule has 0 atom stereocenters. The number of ketones is 1. The molecule has 1 aromatic heterocycles. The molecule has 0 fully saturated rings. The maximum absolute atomic E-state index is 13.6. The predicted octanol–water partition coefficient (Wildman–Crippen LogP) is 3.51. The lowest BCUT2D eigenvalue weighted by atomic mass is 9.95. The van der Waals surface area contributed by atoms with E-state index in [1.165, 1.54) is 0 Å². The SMILES string of the molecule is CC(C)NC(=O)Cn1nnc2c1-c1ccccc1CN(C(=O)CCC(=O)NCCOCCC(=O)C(C)C)c1ccccc1-2. The van der Waals surface area contributed by atoms with Gasteiger partial charge in [-0.3, -0.25) is 19.2 Å². The Labute approximate surface area is 252 Å². The van der Waals surface area contributed by atoms with Crippen molar-refractivity contribution in [3.8, 4) is 22.5 Å². The molecule has 0 saturated carbocycles. The van der Waals surface area contributed by atoms with E-state index in [2.05, 4.69) is 20.9 Å². The summed E-state index contributed by atoms with van der Waals surface area (Å²) in [6.45, 7) is 8.72. The number of nitrogens with one attached hydrogen (secondary N) is 2. The number of anilines is 1. The molecule has 11 heteroatoms. The molecule has 4 rings (SSSR count). The second-order valence-electron chi connectivity index (χ2n) is 11.2. The highest BCUT2D eigenvalue weighted by Gasteiger charge is 2.29. The van der Waals surface area contributed by atoms with Gasteiger partial charge in [-0.05, 0) is 25.5 Å². The number of hydrogen-bond acceptors (Lipinski definition) is 7. The van der Waals surface area contributed by atoms with Crippen LogP contribution in [0.25, 0.3) is 22.5 Å². The Morgan fingerprint density at radius 1 is 0.884 bits per heavy atom. The number of nitrogens with zero attached hydrogens (tertiary/aromatic N) is 4. The predicted molar refractivity (Wildman–Crippen MR) is 163 cm³/mol. The van der Waals surface area contributed by atoms with E-state index in [4.69, 9.17) is 4.74 Å². The van der Waals surface area contributed by atoms with Crippen molar-refractivity contribution in [1.82, 2.24) is 25.6 Å². The van der Waals surface area contributed by atoms with Crippen LogP contribution in [0.5, 0.6) is 0 Å². The van der Waals surface area contributed by atoms with Gasteiger partial charge in [-0.1, -0.05) is 61.5 Å². The first kappa shape index (κ1) is 31.6. The summed E-state index contributed by atoms with van der Waals surface area (Å²) in [6, 6.07) is 15.2. The highest BCUT2D eigenvalue weighted by Crippen LogP contribution is 2.41. The van der Waals surface area contributed by atoms with Crippen molar-refractivity contribution in [2.24, 2.45) is 5.92 Å². The highest BCUT2D eigenvalue weighted by atomic mass is 16.5. The summed E-state index contributed by atoms with van der Waals surface area (Å²) < 4.78 is 7.05. The highest BCUT2D eigenvalue weighted by molar-refractivity contribution is 6.01. The molecule has 2 N–H and O–H groups in total. The number of amides is 3. The van der Waals surface area contributed by atoms with Crippen LogP contribution in [0.15, 0.2) is 48.5 Å². The fourth-order valence-corrected chi connectivity index (χ4v) is 4.92. The number of Topliss-reactive ketones (excluding diaryl/α,β-unsaturated/α-hetero) is 1. The van der Waals surface area contributed by atoms with E-state index >= 15 is 0 Å². The molecule has 0 spiro atoms. The van der Waals surface area contributed by atoms with Crippen LogP contribution >= 0.6 is 0 Å². The van der Waals surface area contributed by atoms with Crippen LogP contribution in [0.3, 0.4) is 0 Å². The summed E-state index contributed by atoms with van der Waals surface area (Å²) in [7, 11) is 0. The van der Waals surface area contributed by atoms with Crippen LogP contribution in [0.1, 0.15) is 52.5 Å². The van der Waals surface area contributed by atoms with Crippen LogP contribution in [-0.4, -0.2) is 64.3 Å². The van der Waals surface area contributed by atoms with E-state index in [1.807, 2.05) is 76.2 Å². The monoisotopic (exact) mass is 588 g/mol. The standard InChI is InChI=1S/C32H40N6O5/c1-21(2)27(39)15-17-43-18-16-33-28(40)13-14-30(42)37-19-23-9-5-6-10-24(23)32-31(25-11-7-8-12-26(25)37)35-36-38(32)20-29(41)34-22(3)4/h5-12,21-22H,13-20H2,1-4H3,(H,33,40)(H,34,41). The molecule has 43 heavy (non-hydrogen) atoms. The molecule has 0 aliphatic carbocycles. The fraction of sp³-hybridized carbons (Fsp3) is 0.438. The Morgan fingerprint density at radius 3 is 2.35 bits per heavy atom. The molecule has 0 radical (unpaired) electrons. The third kappa shape index (κ3) is 8.13. The molecule has 228 valence electrons. The van der Waals surface area contributed by atoms with Gasteiger partial charge in [0, 0.05) is 48.9 Å². The Morgan fingerprint density at radius 2 is 1.60 bits per heavy atom. The molecule has 2 aromatic carbocycles. The minimum atomic E-state index is -0.249. The summed E-state index contributed by atoms with van der Waals surface area (Å²) in [5.41, 5.74) is 4.37. The number of carbonyl (C=O) groups excluding carboxylic acids is 4. The molecule has 1 aliphatic rings. The first-order chi connectivity index (χ1) is 20.7. The zero-order chi connectivity index (χ0) is 30.9. The zero-order valence-corrected chi connectivity index (χ0v) is 25.3. The van der Waals surface area contributed by atoms with Crippen molar-refractivity contribution >= 4 is 29.2 Å². The average molecular weight is 589 g/mol. The molecule has 0 saturated heterocycles. The van der Waals surface area contributed by atoms with Crippen molar-refractivity contribution in [3.63, 3.8) is 0 Å². The minimum absolute atomic E-state index is 0.00710. The van der Waals surface area contributed by atoms with Gasteiger partial charge in [0.25, 0.3) is 0 Å². The summed E-state index contributed by atoms with van der Waals surface area (Å²) in [5, 5.41) is 14.5. The van der Waals surface area contributed by atoms with Gasteiger partial charge in [0.1, 0.15) is 18.0 Å². The van der Waals surface area contributed by atoms with E-state index in [0.717, 1.165) is 11.1 Å². The number of aromatic nitrogens is 3. The Hall–Kier alpha value is -4.38. The van der Waals surface area contributed by atoms with Crippen LogP contribution < -0.4 is 15.5 Å². The van der Waals surface area contributed by atoms with Gasteiger partial charge >= 0.3 is 0 Å². The number of carbonyl (C=O) groups is 4. The number of fused-ring (bicyclic) bond motifs is 5. The quantitative estimate of drug-likeness (QED) is 0.292. The smallest absolute Gasteiger partial charge is 0.242 e. The van der Waals surface area contributed by atoms with Crippen molar-refractivity contribution in [1.29, 1.82) is 0 Å². The third-order valence-electron chi connectivity index (χ3n) is 7.10. The lowest BCUT2D eigenvalue weighted by Crippen LogP contribution is -2.34. The van der Waals surface area contributed by atoms with E-state index in [1.54, 1.807) is 9.58 Å². The number of benzene rings is 2. The van der Waals surface area contributed by atoms with Crippen LogP contribution in [0.2, 0.25) is 0 Å². The zero-order valence-electron chi connectivity index (χ0n) is 25.3. The first-order valence-corrected chi connectivity index (χ1v) is 14.7. The molecular formula is C32H40N6O5. The normalized spacial score (nSPS) is 12.2. The number of ether oxygens (including phenoxy) is 1. The van der Waals surface area contributed by atoms with Crippen molar-refractivity contribution in [2.45, 2.75) is 66.1 Å². The molecule has 1 aliphatic heterocycles. The molecule has 2 heterocycles. The first-order valence-electron chi connectivity index (χ1n) is 14.7. The molecule has 11 nitrogen and oxygen atoms in total. The van der Waals surface area contributed by atoms with Gasteiger partial charge in [-0.25, -0.2) is 4.68 Å². The van der Waals surface area contributed by atoms with E-state index < -0.39 is 0 Å². The van der Waals surface area contributed by atoms with Crippen LogP contribution in [-0.2, 0) is 37.0 Å². The van der Waals surface area contributed by atoms with Crippen molar-refractivity contribution in [3.05, 3.63) is 54.1 Å². The number of rotatable bonds is 13. The maximum atomic E-state index is 13.6. The maximum Gasteiger partial charge on any atom is 0.242 e. The summed E-state index contributed by atoms with van der Waals surface area (Å²) in [6.07, 6.45) is 0.393. The Balaban J connectivity index is 1.48. The number of hydrogen-bond donors (Lipinski definition) is 2. The third-order valence-corrected chi connectivity index (χ3v) is 7.10. The average Bonchev–Trinajstić information content (AvgIpc) is 3.37. The van der Waals surface area contributed by atoms with Gasteiger partial charge in [-0.15, -0.1) is 5.10 Å². The van der Waals surface area contributed by atoms with Gasteiger partial charge < -0.3 is 20.3 Å². The molecule has 0 unspecified atom stereocenters. The van der Waals surface area contributed by atoms with Gasteiger partial charge in [-0.2, -0.15) is 0 Å². The van der Waals surface area contributed by atoms with Crippen LogP contribution in [0, 0.1) is 5.92 Å². The lowest BCUT2D eigenvalue weighted by molar-refractivity contribution is -0.125. The second-order valence-corrected chi connectivity index (χ2v) is 11.2. The second kappa shape index (κ2) is 14.7. The summed E-state index contributed by atoms with van der Waals surface area (Å²) in [4.78, 5) is 52.1. The topological polar surface area (TPSA) is 136 Å². The Bertz CT molecular complexity index is 1460. The molecule has 3 amide bonds. The fourth-order valence-electron chi connectivity index (χ4n) is 4.92. The van der Waals surface area contributed by atoms with Gasteiger partial charge in [0.2, 0.25) is 17.7 Å². The molecule has 3 aromatic rings. The van der Waals surface area contributed by atoms with E-state index in [0.29, 0.717) is 48.8 Å².